The van der Waals surface area contributed by atoms with Gasteiger partial charge in [0, 0.05) is 13.0 Å². The van der Waals surface area contributed by atoms with Crippen LogP contribution in [0.3, 0.4) is 0 Å². The predicted octanol–water partition coefficient (Wildman–Crippen LogP) is 2.45. The Labute approximate surface area is 119 Å². The first-order valence-electron chi connectivity index (χ1n) is 7.40. The zero-order chi connectivity index (χ0) is 14.0. The SMILES string of the molecule is CCn1ncnc1CC1(O)CCCCc2ccccc21. The minimum absolute atomic E-state index is 0.540. The summed E-state index contributed by atoms with van der Waals surface area (Å²) in [5.41, 5.74) is 1.53. The zero-order valence-electron chi connectivity index (χ0n) is 11.9. The molecule has 1 unspecified atom stereocenters. The third kappa shape index (κ3) is 2.36. The Morgan fingerprint density at radius 3 is 3.00 bits per heavy atom. The Morgan fingerprint density at radius 2 is 2.15 bits per heavy atom. The van der Waals surface area contributed by atoms with Crippen molar-refractivity contribution in [2.75, 3.05) is 0 Å². The van der Waals surface area contributed by atoms with Crippen molar-refractivity contribution >= 4 is 0 Å². The second-order valence-electron chi connectivity index (χ2n) is 5.56. The summed E-state index contributed by atoms with van der Waals surface area (Å²) < 4.78 is 1.87. The van der Waals surface area contributed by atoms with E-state index in [4.69, 9.17) is 0 Å². The Kier molecular flexibility index (Phi) is 3.57. The molecular formula is C16H21N3O. The third-order valence-corrected chi connectivity index (χ3v) is 4.25. The van der Waals surface area contributed by atoms with Crippen LogP contribution in [0.1, 0.15) is 43.1 Å². The van der Waals surface area contributed by atoms with E-state index in [0.717, 1.165) is 43.6 Å². The van der Waals surface area contributed by atoms with Gasteiger partial charge in [0.15, 0.2) is 0 Å². The van der Waals surface area contributed by atoms with Gasteiger partial charge in [-0.25, -0.2) is 4.98 Å². The highest BCUT2D eigenvalue weighted by Gasteiger charge is 2.34. The second kappa shape index (κ2) is 5.37. The van der Waals surface area contributed by atoms with E-state index in [9.17, 15) is 5.11 Å². The van der Waals surface area contributed by atoms with E-state index in [2.05, 4.69) is 28.3 Å². The maximum Gasteiger partial charge on any atom is 0.138 e. The molecule has 0 bridgehead atoms. The van der Waals surface area contributed by atoms with Gasteiger partial charge in [-0.05, 0) is 43.7 Å². The summed E-state index contributed by atoms with van der Waals surface area (Å²) >= 11 is 0. The van der Waals surface area contributed by atoms with Crippen LogP contribution in [0, 0.1) is 0 Å². The van der Waals surface area contributed by atoms with E-state index < -0.39 is 5.60 Å². The molecular weight excluding hydrogens is 250 g/mol. The molecule has 1 atom stereocenters. The van der Waals surface area contributed by atoms with Crippen molar-refractivity contribution in [3.8, 4) is 0 Å². The van der Waals surface area contributed by atoms with Crippen molar-refractivity contribution in [1.82, 2.24) is 14.8 Å². The van der Waals surface area contributed by atoms with Crippen LogP contribution < -0.4 is 0 Å². The number of rotatable bonds is 3. The second-order valence-corrected chi connectivity index (χ2v) is 5.56. The molecule has 3 rings (SSSR count). The molecule has 1 N–H and O–H groups in total. The van der Waals surface area contributed by atoms with E-state index in [1.165, 1.54) is 5.56 Å². The fourth-order valence-corrected chi connectivity index (χ4v) is 3.19. The van der Waals surface area contributed by atoms with Gasteiger partial charge in [-0.1, -0.05) is 24.3 Å². The van der Waals surface area contributed by atoms with Crippen molar-refractivity contribution in [2.45, 2.75) is 51.2 Å². The lowest BCUT2D eigenvalue weighted by Crippen LogP contribution is -2.30. The summed E-state index contributed by atoms with van der Waals surface area (Å²) in [5, 5.41) is 15.4. The number of benzene rings is 1. The normalized spacial score (nSPS) is 22.3. The molecule has 106 valence electrons. The minimum Gasteiger partial charge on any atom is -0.385 e. The maximum absolute atomic E-state index is 11.2. The van der Waals surface area contributed by atoms with Crippen molar-refractivity contribution in [3.63, 3.8) is 0 Å². The highest BCUT2D eigenvalue weighted by Crippen LogP contribution is 2.36. The van der Waals surface area contributed by atoms with Gasteiger partial charge in [0.1, 0.15) is 12.2 Å². The molecule has 0 aliphatic heterocycles. The van der Waals surface area contributed by atoms with Gasteiger partial charge < -0.3 is 5.11 Å². The van der Waals surface area contributed by atoms with Gasteiger partial charge in [0.2, 0.25) is 0 Å². The first kappa shape index (κ1) is 13.3. The van der Waals surface area contributed by atoms with Gasteiger partial charge in [-0.15, -0.1) is 0 Å². The summed E-state index contributed by atoms with van der Waals surface area (Å²) in [6.45, 7) is 2.83. The molecule has 0 fully saturated rings. The summed E-state index contributed by atoms with van der Waals surface area (Å²) in [6.07, 6.45) is 6.15. The Balaban J connectivity index is 1.98. The first-order chi connectivity index (χ1) is 9.73. The number of hydrogen-bond acceptors (Lipinski definition) is 3. The average molecular weight is 271 g/mol. The lowest BCUT2D eigenvalue weighted by atomic mass is 9.85. The van der Waals surface area contributed by atoms with Crippen LogP contribution in [0.15, 0.2) is 30.6 Å². The topological polar surface area (TPSA) is 50.9 Å². The van der Waals surface area contributed by atoms with Gasteiger partial charge in [-0.3, -0.25) is 4.68 Å². The monoisotopic (exact) mass is 271 g/mol. The molecule has 0 spiro atoms. The summed E-state index contributed by atoms with van der Waals surface area (Å²) in [5.74, 6) is 0.867. The van der Waals surface area contributed by atoms with Gasteiger partial charge in [0.25, 0.3) is 0 Å². The maximum atomic E-state index is 11.2. The number of nitrogens with zero attached hydrogens (tertiary/aromatic N) is 3. The molecule has 1 aliphatic rings. The van der Waals surface area contributed by atoms with Crippen LogP contribution in [0.5, 0.6) is 0 Å². The Morgan fingerprint density at radius 1 is 1.30 bits per heavy atom. The molecule has 0 saturated heterocycles. The van der Waals surface area contributed by atoms with Crippen molar-refractivity contribution < 1.29 is 5.11 Å². The Bertz CT molecular complexity index is 593. The quantitative estimate of drug-likeness (QED) is 0.872. The van der Waals surface area contributed by atoms with Crippen LogP contribution in [0.2, 0.25) is 0 Å². The lowest BCUT2D eigenvalue weighted by Gasteiger charge is -2.28. The molecule has 0 saturated carbocycles. The van der Waals surface area contributed by atoms with Gasteiger partial charge in [-0.2, -0.15) is 5.10 Å². The van der Waals surface area contributed by atoms with Crippen molar-refractivity contribution in [3.05, 3.63) is 47.5 Å². The fraction of sp³-hybridized carbons (Fsp3) is 0.500. The smallest absolute Gasteiger partial charge is 0.138 e. The van der Waals surface area contributed by atoms with E-state index in [-0.39, 0.29) is 0 Å². The van der Waals surface area contributed by atoms with E-state index in [1.54, 1.807) is 6.33 Å². The first-order valence-corrected chi connectivity index (χ1v) is 7.40. The molecule has 1 aromatic heterocycles. The summed E-state index contributed by atoms with van der Waals surface area (Å²) in [4.78, 5) is 4.32. The van der Waals surface area contributed by atoms with Gasteiger partial charge in [0.05, 0.1) is 5.60 Å². The van der Waals surface area contributed by atoms with Crippen molar-refractivity contribution in [2.24, 2.45) is 0 Å². The zero-order valence-corrected chi connectivity index (χ0v) is 11.9. The third-order valence-electron chi connectivity index (χ3n) is 4.25. The number of hydrogen-bond donors (Lipinski definition) is 1. The fourth-order valence-electron chi connectivity index (χ4n) is 3.19. The van der Waals surface area contributed by atoms with Crippen LogP contribution in [-0.4, -0.2) is 19.9 Å². The molecule has 4 heteroatoms. The molecule has 0 radical (unpaired) electrons. The minimum atomic E-state index is -0.812. The van der Waals surface area contributed by atoms with E-state index >= 15 is 0 Å². The Hall–Kier alpha value is -1.68. The highest BCUT2D eigenvalue weighted by molar-refractivity contribution is 5.34. The molecule has 1 aromatic carbocycles. The average Bonchev–Trinajstić information content (AvgIpc) is 2.83. The number of fused-ring (bicyclic) bond motifs is 1. The summed E-state index contributed by atoms with van der Waals surface area (Å²) in [6, 6.07) is 8.27. The number of aromatic nitrogens is 3. The standard InChI is InChI=1S/C16H21N3O/c1-2-19-15(17-12-18-19)11-16(20)10-6-5-8-13-7-3-4-9-14(13)16/h3-4,7,9,12,20H,2,5-6,8,10-11H2,1H3. The van der Waals surface area contributed by atoms with Crippen LogP contribution in [-0.2, 0) is 25.0 Å². The molecule has 1 heterocycles. The predicted molar refractivity (Wildman–Crippen MR) is 77.3 cm³/mol. The van der Waals surface area contributed by atoms with Gasteiger partial charge >= 0.3 is 0 Å². The molecule has 2 aromatic rings. The van der Waals surface area contributed by atoms with E-state index in [0.29, 0.717) is 6.42 Å². The van der Waals surface area contributed by atoms with Crippen LogP contribution >= 0.6 is 0 Å². The molecule has 0 amide bonds. The van der Waals surface area contributed by atoms with Crippen LogP contribution in [0.4, 0.5) is 0 Å². The summed E-state index contributed by atoms with van der Waals surface area (Å²) in [7, 11) is 0. The molecule has 20 heavy (non-hydrogen) atoms. The molecule has 4 nitrogen and oxygen atoms in total. The van der Waals surface area contributed by atoms with Crippen LogP contribution in [0.25, 0.3) is 0 Å². The highest BCUT2D eigenvalue weighted by atomic mass is 16.3. The number of aliphatic hydroxyl groups is 1. The number of aryl methyl sites for hydroxylation is 2. The molecule has 1 aliphatic carbocycles. The van der Waals surface area contributed by atoms with Crippen molar-refractivity contribution in [1.29, 1.82) is 0 Å². The largest absolute Gasteiger partial charge is 0.385 e. The van der Waals surface area contributed by atoms with E-state index in [1.807, 2.05) is 17.7 Å². The lowest BCUT2D eigenvalue weighted by molar-refractivity contribution is 0.0242.